The van der Waals surface area contributed by atoms with Gasteiger partial charge in [0.2, 0.25) is 0 Å². The molecule has 1 amide bonds. The lowest BCUT2D eigenvalue weighted by Gasteiger charge is -2.11. The van der Waals surface area contributed by atoms with Gasteiger partial charge >= 0.3 is 23.5 Å². The van der Waals surface area contributed by atoms with E-state index in [0.717, 1.165) is 4.90 Å². The second-order valence-electron chi connectivity index (χ2n) is 3.45. The zero-order valence-electron chi connectivity index (χ0n) is 9.42. The number of carbonyl (C=O) groups excluding carboxylic acids is 1. The van der Waals surface area contributed by atoms with Gasteiger partial charge in [0.05, 0.1) is 0 Å². The van der Waals surface area contributed by atoms with E-state index in [1.165, 1.54) is 19.0 Å². The minimum Gasteiger partial charge on any atom is -0.375 e. The predicted octanol–water partition coefficient (Wildman–Crippen LogP) is -1.21. The summed E-state index contributed by atoms with van der Waals surface area (Å²) < 4.78 is 5.02. The second-order valence-corrected chi connectivity index (χ2v) is 3.45. The quantitative estimate of drug-likeness (QED) is 0.599. The van der Waals surface area contributed by atoms with E-state index in [1.807, 2.05) is 0 Å². The second kappa shape index (κ2) is 4.17. The summed E-state index contributed by atoms with van der Waals surface area (Å²) in [5.41, 5.74) is -0.960. The van der Waals surface area contributed by atoms with E-state index >= 15 is 0 Å². The molecule has 0 aliphatic carbocycles. The van der Waals surface area contributed by atoms with E-state index in [-0.39, 0.29) is 6.01 Å². The Morgan fingerprint density at radius 2 is 1.81 bits per heavy atom. The highest BCUT2D eigenvalue weighted by Gasteiger charge is 2.17. The van der Waals surface area contributed by atoms with E-state index in [4.69, 9.17) is 4.42 Å². The SMILES string of the molecule is CN(C)C(=O)n1c(=O)nc(N(C)C)oc1=O. The summed E-state index contributed by atoms with van der Waals surface area (Å²) in [5.74, 6) is -1.05. The summed E-state index contributed by atoms with van der Waals surface area (Å²) in [5, 5.41) is 0. The van der Waals surface area contributed by atoms with Crippen LogP contribution in [0.5, 0.6) is 0 Å². The highest BCUT2D eigenvalue weighted by atomic mass is 16.4. The minimum absolute atomic E-state index is 0.141. The number of aromatic nitrogens is 2. The average Bonchev–Trinajstić information content (AvgIpc) is 2.15. The number of anilines is 1. The smallest absolute Gasteiger partial charge is 0.375 e. The first-order valence-electron chi connectivity index (χ1n) is 4.37. The molecule has 0 N–H and O–H groups in total. The molecule has 88 valence electrons. The first-order chi connectivity index (χ1) is 7.34. The van der Waals surface area contributed by atoms with E-state index in [0.29, 0.717) is 4.57 Å². The first kappa shape index (κ1) is 12.0. The molecule has 1 heterocycles. The third kappa shape index (κ3) is 2.10. The molecule has 0 saturated heterocycles. The summed E-state index contributed by atoms with van der Waals surface area (Å²) in [6, 6.07) is -0.936. The number of carbonyl (C=O) groups is 1. The van der Waals surface area contributed by atoms with Crippen molar-refractivity contribution in [2.24, 2.45) is 0 Å². The maximum atomic E-state index is 11.4. The molecular weight excluding hydrogens is 216 g/mol. The van der Waals surface area contributed by atoms with Crippen LogP contribution in [0.3, 0.4) is 0 Å². The molecule has 0 aliphatic heterocycles. The number of rotatable bonds is 1. The maximum Gasteiger partial charge on any atom is 0.434 e. The molecule has 0 bridgehead atoms. The van der Waals surface area contributed by atoms with Gasteiger partial charge in [-0.05, 0) is 0 Å². The molecular formula is C8H12N4O4. The van der Waals surface area contributed by atoms with Crippen LogP contribution in [0.2, 0.25) is 0 Å². The van der Waals surface area contributed by atoms with Gasteiger partial charge < -0.3 is 14.2 Å². The van der Waals surface area contributed by atoms with Crippen molar-refractivity contribution < 1.29 is 9.21 Å². The van der Waals surface area contributed by atoms with Crippen LogP contribution in [0.1, 0.15) is 0 Å². The van der Waals surface area contributed by atoms with Gasteiger partial charge in [-0.1, -0.05) is 0 Å². The predicted molar refractivity (Wildman–Crippen MR) is 55.8 cm³/mol. The monoisotopic (exact) mass is 228 g/mol. The Bertz CT molecular complexity index is 482. The molecule has 0 unspecified atom stereocenters. The average molecular weight is 228 g/mol. The van der Waals surface area contributed by atoms with Crippen molar-refractivity contribution in [1.82, 2.24) is 14.5 Å². The van der Waals surface area contributed by atoms with Crippen LogP contribution in [0.15, 0.2) is 14.0 Å². The molecule has 1 aromatic heterocycles. The van der Waals surface area contributed by atoms with Gasteiger partial charge in [-0.25, -0.2) is 14.4 Å². The maximum absolute atomic E-state index is 11.4. The molecule has 1 aromatic rings. The molecule has 0 fully saturated rings. The highest BCUT2D eigenvalue weighted by molar-refractivity contribution is 5.75. The number of hydrogen-bond donors (Lipinski definition) is 0. The van der Waals surface area contributed by atoms with Crippen LogP contribution in [0.25, 0.3) is 0 Å². The number of hydrogen-bond acceptors (Lipinski definition) is 6. The van der Waals surface area contributed by atoms with Gasteiger partial charge in [-0.15, -0.1) is 9.55 Å². The van der Waals surface area contributed by atoms with Crippen molar-refractivity contribution in [3.63, 3.8) is 0 Å². The van der Waals surface area contributed by atoms with Crippen molar-refractivity contribution in [3.8, 4) is 0 Å². The van der Waals surface area contributed by atoms with E-state index < -0.39 is 17.5 Å². The topological polar surface area (TPSA) is 88.7 Å². The van der Waals surface area contributed by atoms with E-state index in [1.54, 1.807) is 14.1 Å². The van der Waals surface area contributed by atoms with Crippen molar-refractivity contribution in [3.05, 3.63) is 21.0 Å². The Morgan fingerprint density at radius 1 is 1.25 bits per heavy atom. The standard InChI is InChI=1S/C8H12N4O4/c1-10(2)6-9-5(13)12(8(15)16-6)7(14)11(3)4/h1-4H3. The van der Waals surface area contributed by atoms with Crippen molar-refractivity contribution in [1.29, 1.82) is 0 Å². The van der Waals surface area contributed by atoms with Gasteiger partial charge in [0, 0.05) is 28.2 Å². The van der Waals surface area contributed by atoms with Crippen LogP contribution in [0.4, 0.5) is 10.8 Å². The summed E-state index contributed by atoms with van der Waals surface area (Å²) in [4.78, 5) is 40.2. The van der Waals surface area contributed by atoms with Crippen LogP contribution in [-0.2, 0) is 0 Å². The molecule has 8 nitrogen and oxygen atoms in total. The van der Waals surface area contributed by atoms with Crippen LogP contribution in [-0.4, -0.2) is 48.7 Å². The number of amides is 1. The van der Waals surface area contributed by atoms with E-state index in [9.17, 15) is 14.4 Å². The fourth-order valence-corrected chi connectivity index (χ4v) is 0.908. The normalized spacial score (nSPS) is 10.0. The van der Waals surface area contributed by atoms with Gasteiger partial charge in [-0.3, -0.25) is 0 Å². The Morgan fingerprint density at radius 3 is 2.19 bits per heavy atom. The zero-order valence-corrected chi connectivity index (χ0v) is 9.42. The number of nitrogens with zero attached hydrogens (tertiary/aromatic N) is 4. The zero-order chi connectivity index (χ0) is 12.5. The molecule has 1 rings (SSSR count). The highest BCUT2D eigenvalue weighted by Crippen LogP contribution is 1.97. The van der Waals surface area contributed by atoms with Gasteiger partial charge in [-0.2, -0.15) is 0 Å². The van der Waals surface area contributed by atoms with Gasteiger partial charge in [0.15, 0.2) is 0 Å². The van der Waals surface area contributed by atoms with E-state index in [2.05, 4.69) is 4.98 Å². The lowest BCUT2D eigenvalue weighted by atomic mass is 10.7. The molecule has 0 radical (unpaired) electrons. The van der Waals surface area contributed by atoms with Gasteiger partial charge in [0.1, 0.15) is 0 Å². The molecule has 0 spiro atoms. The Hall–Kier alpha value is -2.12. The van der Waals surface area contributed by atoms with Crippen LogP contribution >= 0.6 is 0 Å². The first-order valence-corrected chi connectivity index (χ1v) is 4.37. The van der Waals surface area contributed by atoms with Gasteiger partial charge in [0.25, 0.3) is 0 Å². The fraction of sp³-hybridized carbons (Fsp3) is 0.500. The largest absolute Gasteiger partial charge is 0.434 e. The Balaban J connectivity index is 3.41. The Labute approximate surface area is 90.7 Å². The van der Waals surface area contributed by atoms with Crippen LogP contribution in [0, 0.1) is 0 Å². The molecule has 0 aliphatic rings. The van der Waals surface area contributed by atoms with Crippen molar-refractivity contribution in [2.75, 3.05) is 33.1 Å². The molecule has 0 saturated carbocycles. The lowest BCUT2D eigenvalue weighted by Crippen LogP contribution is -2.45. The molecule has 0 aromatic carbocycles. The summed E-state index contributed by atoms with van der Waals surface area (Å²) in [6.07, 6.45) is 0. The molecule has 16 heavy (non-hydrogen) atoms. The summed E-state index contributed by atoms with van der Waals surface area (Å²) in [6.45, 7) is 0. The third-order valence-electron chi connectivity index (χ3n) is 1.70. The summed E-state index contributed by atoms with van der Waals surface area (Å²) >= 11 is 0. The van der Waals surface area contributed by atoms with Crippen molar-refractivity contribution in [2.45, 2.75) is 0 Å². The van der Waals surface area contributed by atoms with Crippen molar-refractivity contribution >= 4 is 12.0 Å². The third-order valence-corrected chi connectivity index (χ3v) is 1.70. The fourth-order valence-electron chi connectivity index (χ4n) is 0.908. The minimum atomic E-state index is -1.05. The summed E-state index contributed by atoms with van der Waals surface area (Å²) in [7, 11) is 5.94. The Kier molecular flexibility index (Phi) is 3.11. The van der Waals surface area contributed by atoms with Crippen LogP contribution < -0.4 is 16.3 Å². The molecule has 8 heteroatoms. The lowest BCUT2D eigenvalue weighted by molar-refractivity contribution is 0.213. The molecule has 0 atom stereocenters.